The van der Waals surface area contributed by atoms with Crippen LogP contribution < -0.4 is 5.32 Å². The lowest BCUT2D eigenvalue weighted by Gasteiger charge is -1.99. The van der Waals surface area contributed by atoms with Gasteiger partial charge in [-0.15, -0.1) is 0 Å². The van der Waals surface area contributed by atoms with Crippen LogP contribution >= 0.6 is 0 Å². The van der Waals surface area contributed by atoms with Gasteiger partial charge in [0.25, 0.3) is 0 Å². The molecule has 2 rings (SSSR count). The Hall–Kier alpha value is -1.36. The van der Waals surface area contributed by atoms with Crippen molar-refractivity contribution >= 4 is 5.97 Å². The van der Waals surface area contributed by atoms with Crippen molar-refractivity contribution in [1.29, 1.82) is 0 Å². The van der Waals surface area contributed by atoms with E-state index in [1.807, 2.05) is 17.8 Å². The number of nitrogens with zero attached hydrogens (tertiary/aromatic N) is 2. The molecule has 1 aromatic heterocycles. The molecule has 0 bridgehead atoms. The van der Waals surface area contributed by atoms with Gasteiger partial charge in [-0.05, 0) is 19.4 Å². The van der Waals surface area contributed by atoms with Gasteiger partial charge in [-0.1, -0.05) is 0 Å². The Morgan fingerprint density at radius 2 is 2.50 bits per heavy atom. The Morgan fingerprint density at radius 3 is 2.71 bits per heavy atom. The third-order valence-electron chi connectivity index (χ3n) is 2.00. The largest absolute Gasteiger partial charge is 0.480 e. The van der Waals surface area contributed by atoms with Gasteiger partial charge in [-0.25, -0.2) is 4.98 Å². The van der Waals surface area contributed by atoms with E-state index in [-0.39, 0.29) is 6.04 Å². The number of imidazole rings is 1. The molecule has 1 fully saturated rings. The number of carboxylic acid groups (broad SMARTS) is 1. The summed E-state index contributed by atoms with van der Waals surface area (Å²) in [7, 11) is 1.94. The smallest absolute Gasteiger partial charge is 0.320 e. The fourth-order valence-corrected chi connectivity index (χ4v) is 1.22. The minimum Gasteiger partial charge on any atom is -0.480 e. The second kappa shape index (κ2) is 5.39. The fraction of sp³-hybridized carbons (Fsp3) is 0.556. The molecular formula is C9H15N3O2. The highest BCUT2D eigenvalue weighted by Crippen LogP contribution is 2.03. The highest BCUT2D eigenvalue weighted by Gasteiger charge is 2.20. The van der Waals surface area contributed by atoms with Gasteiger partial charge in [0.15, 0.2) is 0 Å². The molecule has 0 amide bonds. The SMILES string of the molecule is Cn1ccnc1.O=C(O)[C@@H]1CCCN1. The third kappa shape index (κ3) is 3.57. The summed E-state index contributed by atoms with van der Waals surface area (Å²) in [6, 6.07) is -0.269. The first-order valence-electron chi connectivity index (χ1n) is 4.58. The second-order valence-corrected chi connectivity index (χ2v) is 3.22. The molecule has 2 heterocycles. The predicted octanol–water partition coefficient (Wildman–Crippen LogP) is 0.243. The molecule has 5 heteroatoms. The maximum atomic E-state index is 10.1. The Bertz CT molecular complexity index is 266. The fourth-order valence-electron chi connectivity index (χ4n) is 1.22. The molecule has 1 aromatic rings. The van der Waals surface area contributed by atoms with Crippen LogP contribution in [0.15, 0.2) is 18.7 Å². The van der Waals surface area contributed by atoms with Gasteiger partial charge >= 0.3 is 5.97 Å². The molecule has 1 aliphatic heterocycles. The van der Waals surface area contributed by atoms with Gasteiger partial charge in [0.1, 0.15) is 6.04 Å². The highest BCUT2D eigenvalue weighted by molar-refractivity contribution is 5.73. The van der Waals surface area contributed by atoms with Crippen molar-refractivity contribution in [2.75, 3.05) is 6.54 Å². The lowest BCUT2D eigenvalue weighted by Crippen LogP contribution is -2.29. The molecule has 5 nitrogen and oxygen atoms in total. The van der Waals surface area contributed by atoms with Crippen LogP contribution in [0.25, 0.3) is 0 Å². The van der Waals surface area contributed by atoms with Crippen LogP contribution in [0.4, 0.5) is 0 Å². The monoisotopic (exact) mass is 197 g/mol. The molecule has 2 N–H and O–H groups in total. The first-order valence-corrected chi connectivity index (χ1v) is 4.58. The minimum absolute atomic E-state index is 0.269. The number of carbonyl (C=O) groups is 1. The number of rotatable bonds is 1. The van der Waals surface area contributed by atoms with Crippen molar-refractivity contribution in [3.05, 3.63) is 18.7 Å². The summed E-state index contributed by atoms with van der Waals surface area (Å²) in [5.74, 6) is -0.720. The lowest BCUT2D eigenvalue weighted by molar-refractivity contribution is -0.139. The Kier molecular flexibility index (Phi) is 4.12. The van der Waals surface area contributed by atoms with Crippen LogP contribution in [-0.2, 0) is 11.8 Å². The van der Waals surface area contributed by atoms with E-state index in [1.165, 1.54) is 0 Å². The summed E-state index contributed by atoms with van der Waals surface area (Å²) in [6.07, 6.45) is 7.17. The molecule has 1 saturated heterocycles. The maximum absolute atomic E-state index is 10.1. The topological polar surface area (TPSA) is 67.2 Å². The number of hydrogen-bond donors (Lipinski definition) is 2. The van der Waals surface area contributed by atoms with E-state index in [0.717, 1.165) is 19.4 Å². The van der Waals surface area contributed by atoms with E-state index in [9.17, 15) is 4.79 Å². The van der Waals surface area contributed by atoms with E-state index in [0.29, 0.717) is 0 Å². The molecular weight excluding hydrogens is 182 g/mol. The number of nitrogens with one attached hydrogen (secondary N) is 1. The number of hydrogen-bond acceptors (Lipinski definition) is 3. The number of aromatic nitrogens is 2. The van der Waals surface area contributed by atoms with Gasteiger partial charge in [0.05, 0.1) is 6.33 Å². The van der Waals surface area contributed by atoms with Gasteiger partial charge in [0, 0.05) is 19.4 Å². The summed E-state index contributed by atoms with van der Waals surface area (Å²) in [5, 5.41) is 11.2. The van der Waals surface area contributed by atoms with E-state index >= 15 is 0 Å². The summed E-state index contributed by atoms with van der Waals surface area (Å²) in [6.45, 7) is 0.858. The van der Waals surface area contributed by atoms with Crippen LogP contribution in [0, 0.1) is 0 Å². The van der Waals surface area contributed by atoms with Gasteiger partial charge < -0.3 is 15.0 Å². The van der Waals surface area contributed by atoms with Crippen molar-refractivity contribution in [2.24, 2.45) is 7.05 Å². The predicted molar refractivity (Wildman–Crippen MR) is 51.9 cm³/mol. The van der Waals surface area contributed by atoms with E-state index in [4.69, 9.17) is 5.11 Å². The molecule has 0 spiro atoms. The van der Waals surface area contributed by atoms with Crippen LogP contribution in [0.2, 0.25) is 0 Å². The molecule has 14 heavy (non-hydrogen) atoms. The quantitative estimate of drug-likeness (QED) is 0.677. The van der Waals surface area contributed by atoms with Crippen LogP contribution in [0.1, 0.15) is 12.8 Å². The Morgan fingerprint density at radius 1 is 1.71 bits per heavy atom. The summed E-state index contributed by atoms with van der Waals surface area (Å²) in [4.78, 5) is 13.9. The third-order valence-corrected chi connectivity index (χ3v) is 2.00. The Balaban J connectivity index is 0.000000146. The van der Waals surface area contributed by atoms with Crippen LogP contribution in [-0.4, -0.2) is 33.2 Å². The van der Waals surface area contributed by atoms with Gasteiger partial charge in [-0.3, -0.25) is 4.79 Å². The van der Waals surface area contributed by atoms with Crippen molar-refractivity contribution in [3.8, 4) is 0 Å². The normalized spacial score (nSPS) is 19.9. The van der Waals surface area contributed by atoms with Crippen LogP contribution in [0.3, 0.4) is 0 Å². The van der Waals surface area contributed by atoms with E-state index in [2.05, 4.69) is 10.3 Å². The molecule has 0 radical (unpaired) electrons. The molecule has 1 atom stereocenters. The van der Waals surface area contributed by atoms with Crippen molar-refractivity contribution in [1.82, 2.24) is 14.9 Å². The number of carboxylic acids is 1. The molecule has 0 saturated carbocycles. The zero-order valence-corrected chi connectivity index (χ0v) is 8.18. The van der Waals surface area contributed by atoms with Gasteiger partial charge in [-0.2, -0.15) is 0 Å². The van der Waals surface area contributed by atoms with Crippen molar-refractivity contribution < 1.29 is 9.90 Å². The lowest BCUT2D eigenvalue weighted by atomic mass is 10.2. The molecule has 0 aliphatic carbocycles. The second-order valence-electron chi connectivity index (χ2n) is 3.22. The Labute approximate surface area is 82.8 Å². The summed E-state index contributed by atoms with van der Waals surface area (Å²) < 4.78 is 1.89. The van der Waals surface area contributed by atoms with Crippen molar-refractivity contribution in [3.63, 3.8) is 0 Å². The first-order chi connectivity index (χ1) is 6.70. The number of aryl methyl sites for hydroxylation is 1. The average Bonchev–Trinajstić information content (AvgIpc) is 2.75. The van der Waals surface area contributed by atoms with Crippen LogP contribution in [0.5, 0.6) is 0 Å². The van der Waals surface area contributed by atoms with E-state index < -0.39 is 5.97 Å². The summed E-state index contributed by atoms with van der Waals surface area (Å²) >= 11 is 0. The zero-order valence-electron chi connectivity index (χ0n) is 8.18. The van der Waals surface area contributed by atoms with Crippen molar-refractivity contribution in [2.45, 2.75) is 18.9 Å². The molecule has 0 unspecified atom stereocenters. The minimum atomic E-state index is -0.720. The zero-order chi connectivity index (χ0) is 10.4. The molecule has 78 valence electrons. The summed E-state index contributed by atoms with van der Waals surface area (Å²) in [5.41, 5.74) is 0. The molecule has 1 aliphatic rings. The molecule has 0 aromatic carbocycles. The average molecular weight is 197 g/mol. The van der Waals surface area contributed by atoms with Gasteiger partial charge in [0.2, 0.25) is 0 Å². The first kappa shape index (κ1) is 10.7. The number of aliphatic carboxylic acids is 1. The highest BCUT2D eigenvalue weighted by atomic mass is 16.4. The standard InChI is InChI=1S/C5H9NO2.C4H6N2/c7-5(8)4-2-1-3-6-4;1-6-3-2-5-4-6/h4,6H,1-3H2,(H,7,8);2-4H,1H3/t4-;/m0./s1. The van der Waals surface area contributed by atoms with E-state index in [1.54, 1.807) is 12.5 Å². The maximum Gasteiger partial charge on any atom is 0.320 e.